The van der Waals surface area contributed by atoms with E-state index in [9.17, 15) is 0 Å². The molecule has 50 heavy (non-hydrogen) atoms. The van der Waals surface area contributed by atoms with Crippen molar-refractivity contribution in [2.75, 3.05) is 0 Å². The van der Waals surface area contributed by atoms with E-state index in [-0.39, 0.29) is 0 Å². The van der Waals surface area contributed by atoms with E-state index in [0.29, 0.717) is 40.0 Å². The predicted molar refractivity (Wildman–Crippen MR) is 197 cm³/mol. The lowest BCUT2D eigenvalue weighted by Gasteiger charge is -2.09. The lowest BCUT2D eigenvalue weighted by atomic mass is 10.0. The van der Waals surface area contributed by atoms with Crippen molar-refractivity contribution in [2.45, 2.75) is 0 Å². The Labute approximate surface area is 285 Å². The van der Waals surface area contributed by atoms with Gasteiger partial charge in [-0.15, -0.1) is 0 Å². The Morgan fingerprint density at radius 3 is 1.58 bits per heavy atom. The van der Waals surface area contributed by atoms with Gasteiger partial charge in [0.15, 0.2) is 28.9 Å². The fraction of sp³-hybridized carbons (Fsp3) is 0. The van der Waals surface area contributed by atoms with Crippen LogP contribution in [0.1, 0.15) is 0 Å². The fourth-order valence-electron chi connectivity index (χ4n) is 6.64. The fourth-order valence-corrected chi connectivity index (χ4v) is 6.64. The second-order valence-electron chi connectivity index (χ2n) is 12.0. The summed E-state index contributed by atoms with van der Waals surface area (Å²) in [5, 5.41) is 2.76. The lowest BCUT2D eigenvalue weighted by Crippen LogP contribution is -2.00. The molecule has 0 N–H and O–H groups in total. The van der Waals surface area contributed by atoms with Gasteiger partial charge in [0, 0.05) is 38.4 Å². The van der Waals surface area contributed by atoms with Gasteiger partial charge >= 0.3 is 0 Å². The summed E-state index contributed by atoms with van der Waals surface area (Å²) < 4.78 is 13.0. The third kappa shape index (κ3) is 4.56. The average Bonchev–Trinajstić information content (AvgIpc) is 3.77. The highest BCUT2D eigenvalue weighted by atomic mass is 16.3. The second-order valence-corrected chi connectivity index (χ2v) is 12.0. The predicted octanol–water partition coefficient (Wildman–Crippen LogP) is 10.8. The lowest BCUT2D eigenvalue weighted by molar-refractivity contribution is 0.666. The molecule has 4 aromatic heterocycles. The van der Waals surface area contributed by atoms with Crippen molar-refractivity contribution in [1.29, 1.82) is 0 Å². The molecule has 10 rings (SSSR count). The number of benzene rings is 6. The van der Waals surface area contributed by atoms with E-state index >= 15 is 0 Å². The molecule has 0 radical (unpaired) electrons. The minimum atomic E-state index is 0.548. The molecule has 0 bridgehead atoms. The van der Waals surface area contributed by atoms with Crippen molar-refractivity contribution in [3.63, 3.8) is 0 Å². The Morgan fingerprint density at radius 1 is 0.340 bits per heavy atom. The molecular formula is C43H25N5O2. The average molecular weight is 644 g/mol. The maximum Gasteiger partial charge on any atom is 0.180 e. The summed E-state index contributed by atoms with van der Waals surface area (Å²) in [5.74, 6) is 2.31. The van der Waals surface area contributed by atoms with Crippen molar-refractivity contribution in [2.24, 2.45) is 0 Å². The first kappa shape index (κ1) is 28.1. The number of para-hydroxylation sites is 2. The van der Waals surface area contributed by atoms with Gasteiger partial charge in [0.05, 0.1) is 5.56 Å². The maximum absolute atomic E-state index is 6.68. The van der Waals surface area contributed by atoms with Crippen LogP contribution in [0.2, 0.25) is 0 Å². The molecule has 0 fully saturated rings. The number of furan rings is 2. The van der Waals surface area contributed by atoms with Gasteiger partial charge in [-0.3, -0.25) is 0 Å². The van der Waals surface area contributed by atoms with E-state index in [4.69, 9.17) is 33.8 Å². The Morgan fingerprint density at radius 2 is 0.860 bits per heavy atom. The highest BCUT2D eigenvalue weighted by molar-refractivity contribution is 6.15. The summed E-state index contributed by atoms with van der Waals surface area (Å²) in [6.07, 6.45) is 0. The monoisotopic (exact) mass is 643 g/mol. The summed E-state index contributed by atoms with van der Waals surface area (Å²) in [6.45, 7) is 0. The molecule has 0 aliphatic heterocycles. The minimum Gasteiger partial charge on any atom is -0.455 e. The number of rotatable bonds is 5. The van der Waals surface area contributed by atoms with Crippen LogP contribution < -0.4 is 0 Å². The standard InChI is InChI=1S/C43H25N5O2/c1-4-14-26(15-5-1)36-39-37(29-20-10-11-24-33(29)49-39)45-43(44-36)32-23-12-21-30-35-31(22-13-25-34(35)50-38(30)32)42-47-40(27-16-6-2-7-17-27)46-41(48-42)28-18-8-3-9-19-28/h1-25H. The van der Waals surface area contributed by atoms with Crippen LogP contribution in [0, 0.1) is 0 Å². The molecule has 0 aliphatic carbocycles. The van der Waals surface area contributed by atoms with Crippen molar-refractivity contribution in [3.8, 4) is 56.8 Å². The Kier molecular flexibility index (Phi) is 6.35. The third-order valence-electron chi connectivity index (χ3n) is 8.97. The summed E-state index contributed by atoms with van der Waals surface area (Å²) in [7, 11) is 0. The molecule has 6 aromatic carbocycles. The van der Waals surface area contributed by atoms with E-state index in [1.165, 1.54) is 0 Å². The van der Waals surface area contributed by atoms with Gasteiger partial charge in [0.1, 0.15) is 28.0 Å². The van der Waals surface area contributed by atoms with Crippen LogP contribution in [-0.2, 0) is 0 Å². The van der Waals surface area contributed by atoms with Crippen LogP contribution in [-0.4, -0.2) is 24.9 Å². The zero-order chi connectivity index (χ0) is 33.0. The van der Waals surface area contributed by atoms with Crippen molar-refractivity contribution < 1.29 is 8.83 Å². The van der Waals surface area contributed by atoms with Crippen LogP contribution in [0.15, 0.2) is 160 Å². The van der Waals surface area contributed by atoms with Crippen LogP contribution in [0.4, 0.5) is 0 Å². The van der Waals surface area contributed by atoms with Gasteiger partial charge < -0.3 is 8.83 Å². The molecule has 0 spiro atoms. The van der Waals surface area contributed by atoms with Gasteiger partial charge in [-0.25, -0.2) is 24.9 Å². The first-order valence-corrected chi connectivity index (χ1v) is 16.3. The highest BCUT2D eigenvalue weighted by Crippen LogP contribution is 2.41. The normalized spacial score (nSPS) is 11.6. The van der Waals surface area contributed by atoms with Gasteiger partial charge in [-0.1, -0.05) is 127 Å². The molecule has 4 heterocycles. The zero-order valence-electron chi connectivity index (χ0n) is 26.5. The van der Waals surface area contributed by atoms with Crippen LogP contribution >= 0.6 is 0 Å². The van der Waals surface area contributed by atoms with Gasteiger partial charge in [0.2, 0.25) is 0 Å². The number of aromatic nitrogens is 5. The summed E-state index contributed by atoms with van der Waals surface area (Å²) in [4.78, 5) is 25.2. The highest BCUT2D eigenvalue weighted by Gasteiger charge is 2.23. The smallest absolute Gasteiger partial charge is 0.180 e. The van der Waals surface area contributed by atoms with Crippen LogP contribution in [0.3, 0.4) is 0 Å². The number of hydrogen-bond acceptors (Lipinski definition) is 7. The topological polar surface area (TPSA) is 90.7 Å². The van der Waals surface area contributed by atoms with Crippen molar-refractivity contribution in [3.05, 3.63) is 152 Å². The molecular weight excluding hydrogens is 619 g/mol. The molecule has 0 atom stereocenters. The molecule has 234 valence electrons. The molecule has 0 aliphatic rings. The van der Waals surface area contributed by atoms with Gasteiger partial charge in [-0.2, -0.15) is 0 Å². The number of fused-ring (bicyclic) bond motifs is 6. The van der Waals surface area contributed by atoms with E-state index in [0.717, 1.165) is 60.8 Å². The quantitative estimate of drug-likeness (QED) is 0.184. The van der Waals surface area contributed by atoms with Crippen LogP contribution in [0.25, 0.3) is 101 Å². The maximum atomic E-state index is 6.68. The molecule has 0 saturated heterocycles. The largest absolute Gasteiger partial charge is 0.455 e. The van der Waals surface area contributed by atoms with E-state index in [1.54, 1.807) is 0 Å². The molecule has 0 amide bonds. The number of nitrogens with zero attached hydrogens (tertiary/aromatic N) is 5. The zero-order valence-corrected chi connectivity index (χ0v) is 26.5. The summed E-state index contributed by atoms with van der Waals surface area (Å²) in [6, 6.07) is 50.1. The van der Waals surface area contributed by atoms with Gasteiger partial charge in [-0.05, 0) is 24.3 Å². The van der Waals surface area contributed by atoms with E-state index < -0.39 is 0 Å². The van der Waals surface area contributed by atoms with E-state index in [2.05, 4.69) is 6.07 Å². The Balaban J connectivity index is 1.21. The third-order valence-corrected chi connectivity index (χ3v) is 8.97. The second kappa shape index (κ2) is 11.3. The minimum absolute atomic E-state index is 0.548. The molecule has 7 nitrogen and oxygen atoms in total. The summed E-state index contributed by atoms with van der Waals surface area (Å²) in [5.41, 5.74) is 8.68. The molecule has 10 aromatic rings. The Bertz CT molecular complexity index is 2810. The van der Waals surface area contributed by atoms with Gasteiger partial charge in [0.25, 0.3) is 0 Å². The molecule has 0 saturated carbocycles. The first-order chi connectivity index (χ1) is 24.8. The number of hydrogen-bond donors (Lipinski definition) is 0. The van der Waals surface area contributed by atoms with Crippen molar-refractivity contribution >= 4 is 44.0 Å². The first-order valence-electron chi connectivity index (χ1n) is 16.3. The molecule has 7 heteroatoms. The Hall–Kier alpha value is -6.99. The van der Waals surface area contributed by atoms with Crippen LogP contribution in [0.5, 0.6) is 0 Å². The molecule has 0 unspecified atom stereocenters. The summed E-state index contributed by atoms with van der Waals surface area (Å²) >= 11 is 0. The van der Waals surface area contributed by atoms with Crippen molar-refractivity contribution in [1.82, 2.24) is 24.9 Å². The van der Waals surface area contributed by atoms with E-state index in [1.807, 2.05) is 146 Å². The SMILES string of the molecule is c1ccc(-c2nc(-c3ccccc3)nc(-c3cccc4oc5c(-c6nc(-c7ccccc7)c7oc8ccccc8c7n6)cccc5c34)n2)cc1.